The second-order valence-electron chi connectivity index (χ2n) is 4.89. The first-order valence-corrected chi connectivity index (χ1v) is 7.11. The molecule has 11 heteroatoms. The lowest BCUT2D eigenvalue weighted by Gasteiger charge is -2.13. The fourth-order valence-corrected chi connectivity index (χ4v) is 3.06. The molecule has 2 heterocycles. The Labute approximate surface area is 112 Å². The van der Waals surface area contributed by atoms with Crippen molar-refractivity contribution in [1.82, 2.24) is 15.4 Å². The summed E-state index contributed by atoms with van der Waals surface area (Å²) in [4.78, 5) is 4.90. The quantitative estimate of drug-likeness (QED) is 0.886. The summed E-state index contributed by atoms with van der Waals surface area (Å²) in [6.45, 7) is 3.24. The van der Waals surface area contributed by atoms with Crippen LogP contribution in [0.3, 0.4) is 0 Å². The maximum absolute atomic E-state index is 12.6. The third-order valence-electron chi connectivity index (χ3n) is 2.55. The molecule has 0 bridgehead atoms. The van der Waals surface area contributed by atoms with E-state index in [1.165, 1.54) is 0 Å². The van der Waals surface area contributed by atoms with Gasteiger partial charge in [-0.2, -0.15) is 28.6 Å². The van der Waals surface area contributed by atoms with Gasteiger partial charge in [-0.25, -0.2) is 8.42 Å². The lowest BCUT2D eigenvalue weighted by atomic mass is 10.1. The molecule has 0 atom stereocenters. The Morgan fingerprint density at radius 3 is 2.50 bits per heavy atom. The third-order valence-corrected chi connectivity index (χ3v) is 4.14. The van der Waals surface area contributed by atoms with E-state index in [0.717, 1.165) is 0 Å². The fraction of sp³-hybridized carbons (Fsp3) is 0.667. The number of nitrogens with one attached hydrogen (secondary N) is 1. The summed E-state index contributed by atoms with van der Waals surface area (Å²) in [5, 5.41) is 11.1. The zero-order valence-electron chi connectivity index (χ0n) is 10.5. The van der Waals surface area contributed by atoms with E-state index >= 15 is 0 Å². The first-order valence-electron chi connectivity index (χ1n) is 5.46. The van der Waals surface area contributed by atoms with Crippen LogP contribution in [0.1, 0.15) is 31.7 Å². The standard InChI is InChI=1S/C9H11F3N4O3S/c1-8(2)3-6(15-19-8)20(17,18)4-5-7(9(10,11)12)14-16-13-5/h3-4H2,1-2H3,(H,13,14,16). The van der Waals surface area contributed by atoms with Gasteiger partial charge in [-0.3, -0.25) is 0 Å². The molecule has 0 aromatic carbocycles. The van der Waals surface area contributed by atoms with Crippen molar-refractivity contribution in [2.45, 2.75) is 37.8 Å². The van der Waals surface area contributed by atoms with E-state index in [1.54, 1.807) is 19.1 Å². The van der Waals surface area contributed by atoms with E-state index in [4.69, 9.17) is 4.84 Å². The van der Waals surface area contributed by atoms with Gasteiger partial charge in [-0.15, -0.1) is 0 Å². The Hall–Kier alpha value is -1.65. The Balaban J connectivity index is 2.25. The molecule has 1 aromatic heterocycles. The van der Waals surface area contributed by atoms with Crippen molar-refractivity contribution in [1.29, 1.82) is 0 Å². The maximum atomic E-state index is 12.6. The van der Waals surface area contributed by atoms with Crippen LogP contribution in [0, 0.1) is 0 Å². The number of H-pyrrole nitrogens is 1. The number of nitrogens with zero attached hydrogens (tertiary/aromatic N) is 3. The lowest BCUT2D eigenvalue weighted by molar-refractivity contribution is -0.141. The molecule has 0 fully saturated rings. The van der Waals surface area contributed by atoms with E-state index in [9.17, 15) is 21.6 Å². The van der Waals surface area contributed by atoms with E-state index in [0.29, 0.717) is 0 Å². The first-order chi connectivity index (χ1) is 9.01. The SMILES string of the molecule is CC1(C)CC(S(=O)(=O)Cc2n[nH]nc2C(F)(F)F)=NO1. The van der Waals surface area contributed by atoms with Crippen molar-refractivity contribution < 1.29 is 26.4 Å². The van der Waals surface area contributed by atoms with Gasteiger partial charge in [-0.05, 0) is 13.8 Å². The summed E-state index contributed by atoms with van der Waals surface area (Å²) >= 11 is 0. The molecule has 0 radical (unpaired) electrons. The van der Waals surface area contributed by atoms with E-state index in [2.05, 4.69) is 15.4 Å². The minimum Gasteiger partial charge on any atom is -0.389 e. The van der Waals surface area contributed by atoms with Crippen molar-refractivity contribution in [3.05, 3.63) is 11.4 Å². The summed E-state index contributed by atoms with van der Waals surface area (Å²) < 4.78 is 61.8. The van der Waals surface area contributed by atoms with E-state index in [-0.39, 0.29) is 11.5 Å². The molecule has 1 N–H and O–H groups in total. The summed E-state index contributed by atoms with van der Waals surface area (Å²) in [7, 11) is -4.03. The summed E-state index contributed by atoms with van der Waals surface area (Å²) in [5.41, 5.74) is -2.83. The van der Waals surface area contributed by atoms with Crippen molar-refractivity contribution in [3.8, 4) is 0 Å². The average Bonchev–Trinajstić information content (AvgIpc) is 2.83. The molecule has 0 spiro atoms. The smallest absolute Gasteiger partial charge is 0.389 e. The highest BCUT2D eigenvalue weighted by atomic mass is 32.2. The van der Waals surface area contributed by atoms with Gasteiger partial charge in [0.1, 0.15) is 17.0 Å². The summed E-state index contributed by atoms with van der Waals surface area (Å²) in [6.07, 6.45) is -4.78. The van der Waals surface area contributed by atoms with Crippen molar-refractivity contribution >= 4 is 14.9 Å². The molecule has 20 heavy (non-hydrogen) atoms. The zero-order valence-corrected chi connectivity index (χ0v) is 11.3. The van der Waals surface area contributed by atoms with Gasteiger partial charge in [-0.1, -0.05) is 5.16 Å². The van der Waals surface area contributed by atoms with Crippen molar-refractivity contribution in [3.63, 3.8) is 0 Å². The minimum absolute atomic E-state index is 0.00542. The van der Waals surface area contributed by atoms with Gasteiger partial charge in [0, 0.05) is 6.42 Å². The van der Waals surface area contributed by atoms with Crippen LogP contribution in [0.25, 0.3) is 0 Å². The van der Waals surface area contributed by atoms with Crippen molar-refractivity contribution in [2.75, 3.05) is 0 Å². The van der Waals surface area contributed by atoms with Crippen molar-refractivity contribution in [2.24, 2.45) is 5.16 Å². The molecular weight excluding hydrogens is 301 g/mol. The largest absolute Gasteiger partial charge is 0.437 e. The number of halogens is 3. The van der Waals surface area contributed by atoms with Crippen LogP contribution >= 0.6 is 0 Å². The molecule has 0 aliphatic carbocycles. The average molecular weight is 312 g/mol. The first kappa shape index (κ1) is 14.8. The lowest BCUT2D eigenvalue weighted by Crippen LogP contribution is -2.24. The highest BCUT2D eigenvalue weighted by molar-refractivity contribution is 8.05. The molecule has 1 aliphatic heterocycles. The number of oxime groups is 1. The Bertz CT molecular complexity index is 648. The molecule has 0 saturated carbocycles. The molecule has 1 aromatic rings. The van der Waals surface area contributed by atoms with Crippen LogP contribution in [0.4, 0.5) is 13.2 Å². The van der Waals surface area contributed by atoms with Crippen LogP contribution in [0.5, 0.6) is 0 Å². The summed E-state index contributed by atoms with van der Waals surface area (Å²) in [6, 6.07) is 0. The predicted octanol–water partition coefficient (Wildman–Crippen LogP) is 1.25. The minimum atomic E-state index is -4.77. The number of sulfone groups is 1. The van der Waals surface area contributed by atoms with Gasteiger partial charge in [0.05, 0.1) is 0 Å². The molecule has 0 amide bonds. The summed E-state index contributed by atoms with van der Waals surface area (Å²) in [5.74, 6) is -0.934. The molecule has 112 valence electrons. The number of hydrogen-bond acceptors (Lipinski definition) is 6. The van der Waals surface area contributed by atoms with E-state index < -0.39 is 38.8 Å². The maximum Gasteiger partial charge on any atom is 0.437 e. The van der Waals surface area contributed by atoms with Crippen LogP contribution in [0.2, 0.25) is 0 Å². The van der Waals surface area contributed by atoms with Gasteiger partial charge in [0.15, 0.2) is 10.7 Å². The second-order valence-corrected chi connectivity index (χ2v) is 6.88. The molecular formula is C9H11F3N4O3S. The normalized spacial score (nSPS) is 18.8. The van der Waals surface area contributed by atoms with Crippen LogP contribution in [-0.2, 0) is 26.6 Å². The predicted molar refractivity (Wildman–Crippen MR) is 61.2 cm³/mol. The fourth-order valence-electron chi connectivity index (χ4n) is 1.61. The second kappa shape index (κ2) is 4.43. The Morgan fingerprint density at radius 2 is 2.00 bits per heavy atom. The number of rotatable bonds is 2. The highest BCUT2D eigenvalue weighted by Crippen LogP contribution is 2.31. The zero-order chi connectivity index (χ0) is 15.2. The molecule has 0 unspecified atom stereocenters. The molecule has 1 aliphatic rings. The van der Waals surface area contributed by atoms with Gasteiger partial charge in [0.2, 0.25) is 9.84 Å². The topological polar surface area (TPSA) is 97.3 Å². The Kier molecular flexibility index (Phi) is 3.27. The number of aromatic nitrogens is 3. The molecule has 0 saturated heterocycles. The molecule has 7 nitrogen and oxygen atoms in total. The van der Waals surface area contributed by atoms with Crippen LogP contribution < -0.4 is 0 Å². The number of hydrogen-bond donors (Lipinski definition) is 1. The van der Waals surface area contributed by atoms with Crippen LogP contribution in [0.15, 0.2) is 5.16 Å². The van der Waals surface area contributed by atoms with Crippen LogP contribution in [-0.4, -0.2) is 34.5 Å². The molecule has 2 rings (SSSR count). The number of aromatic amines is 1. The monoisotopic (exact) mass is 312 g/mol. The Morgan fingerprint density at radius 1 is 1.35 bits per heavy atom. The van der Waals surface area contributed by atoms with E-state index in [1.807, 2.05) is 0 Å². The number of alkyl halides is 3. The third kappa shape index (κ3) is 2.92. The van der Waals surface area contributed by atoms with Gasteiger partial charge < -0.3 is 4.84 Å². The van der Waals surface area contributed by atoms with Gasteiger partial charge in [0.25, 0.3) is 0 Å². The highest BCUT2D eigenvalue weighted by Gasteiger charge is 2.41. The van der Waals surface area contributed by atoms with Gasteiger partial charge >= 0.3 is 6.18 Å².